The molecule has 25 heavy (non-hydrogen) atoms. The zero-order valence-electron chi connectivity index (χ0n) is 14.1. The number of nitrogens with one attached hydrogen (secondary N) is 1. The molecule has 1 aromatic heterocycles. The van der Waals surface area contributed by atoms with Crippen molar-refractivity contribution >= 4 is 22.7 Å². The average molecular weight is 341 g/mol. The molecule has 6 heteroatoms. The number of carbonyl (C=O) groups is 2. The number of aliphatic hydroxyl groups is 1. The molecule has 1 aliphatic heterocycles. The molecule has 1 aliphatic rings. The van der Waals surface area contributed by atoms with E-state index in [2.05, 4.69) is 10.3 Å². The van der Waals surface area contributed by atoms with Gasteiger partial charge in [0.2, 0.25) is 5.91 Å². The number of carbonyl (C=O) groups excluding carboxylic acids is 2. The number of hydrogen-bond donors (Lipinski definition) is 2. The number of hydrogen-bond acceptors (Lipinski definition) is 4. The van der Waals surface area contributed by atoms with Crippen LogP contribution in [-0.4, -0.2) is 52.5 Å². The van der Waals surface area contributed by atoms with Gasteiger partial charge in [-0.1, -0.05) is 31.0 Å². The number of aliphatic hydroxyl groups excluding tert-OH is 1. The molecule has 6 nitrogen and oxygen atoms in total. The van der Waals surface area contributed by atoms with Gasteiger partial charge in [-0.2, -0.15) is 0 Å². The molecule has 0 spiro atoms. The van der Waals surface area contributed by atoms with Crippen LogP contribution in [0.5, 0.6) is 0 Å². The van der Waals surface area contributed by atoms with Gasteiger partial charge in [0.05, 0.1) is 17.7 Å². The van der Waals surface area contributed by atoms with E-state index in [9.17, 15) is 14.7 Å². The van der Waals surface area contributed by atoms with Gasteiger partial charge in [0, 0.05) is 24.7 Å². The summed E-state index contributed by atoms with van der Waals surface area (Å²) in [5.74, 6) is -0.586. The van der Waals surface area contributed by atoms with Crippen LogP contribution in [0.15, 0.2) is 36.5 Å². The van der Waals surface area contributed by atoms with Crippen molar-refractivity contribution in [2.24, 2.45) is 0 Å². The van der Waals surface area contributed by atoms with Gasteiger partial charge in [0.1, 0.15) is 6.04 Å². The number of benzene rings is 1. The minimum Gasteiger partial charge on any atom is -0.394 e. The number of pyridine rings is 1. The highest BCUT2D eigenvalue weighted by Crippen LogP contribution is 2.16. The van der Waals surface area contributed by atoms with Gasteiger partial charge in [0.15, 0.2) is 0 Å². The Hall–Kier alpha value is -2.47. The van der Waals surface area contributed by atoms with Crippen LogP contribution in [0.4, 0.5) is 0 Å². The molecule has 1 saturated heterocycles. The zero-order valence-corrected chi connectivity index (χ0v) is 14.1. The summed E-state index contributed by atoms with van der Waals surface area (Å²) >= 11 is 0. The van der Waals surface area contributed by atoms with Gasteiger partial charge in [0.25, 0.3) is 5.91 Å². The lowest BCUT2D eigenvalue weighted by atomic mass is 10.1. The SMILES string of the molecule is O=C(N[C@@H](CO)C(=O)N1CCCCCC1)c1ccnc2ccccc12. The minimum absolute atomic E-state index is 0.212. The predicted octanol–water partition coefficient (Wildman–Crippen LogP) is 1.73. The first-order valence-corrected chi connectivity index (χ1v) is 8.75. The quantitative estimate of drug-likeness (QED) is 0.887. The van der Waals surface area contributed by atoms with Gasteiger partial charge in [-0.3, -0.25) is 14.6 Å². The number of rotatable bonds is 4. The monoisotopic (exact) mass is 341 g/mol. The van der Waals surface area contributed by atoms with Crippen molar-refractivity contribution in [1.82, 2.24) is 15.2 Å². The molecule has 3 rings (SSSR count). The predicted molar refractivity (Wildman–Crippen MR) is 95.1 cm³/mol. The summed E-state index contributed by atoms with van der Waals surface area (Å²) < 4.78 is 0. The van der Waals surface area contributed by atoms with Crippen LogP contribution < -0.4 is 5.32 Å². The van der Waals surface area contributed by atoms with E-state index in [4.69, 9.17) is 0 Å². The van der Waals surface area contributed by atoms with E-state index in [0.717, 1.165) is 36.6 Å². The van der Waals surface area contributed by atoms with E-state index in [1.807, 2.05) is 24.3 Å². The first-order valence-electron chi connectivity index (χ1n) is 8.75. The summed E-state index contributed by atoms with van der Waals surface area (Å²) in [6, 6.07) is 8.06. The molecule has 2 heterocycles. The smallest absolute Gasteiger partial charge is 0.252 e. The fourth-order valence-electron chi connectivity index (χ4n) is 3.23. The lowest BCUT2D eigenvalue weighted by molar-refractivity contribution is -0.134. The molecule has 2 amide bonds. The second-order valence-electron chi connectivity index (χ2n) is 6.32. The summed E-state index contributed by atoms with van der Waals surface area (Å²) in [5.41, 5.74) is 1.17. The van der Waals surface area contributed by atoms with Crippen LogP contribution >= 0.6 is 0 Å². The average Bonchev–Trinajstić information content (AvgIpc) is 2.94. The highest BCUT2D eigenvalue weighted by Gasteiger charge is 2.26. The Kier molecular flexibility index (Phi) is 5.60. The maximum atomic E-state index is 12.7. The Labute approximate surface area is 146 Å². The second-order valence-corrected chi connectivity index (χ2v) is 6.32. The molecule has 1 fully saturated rings. The third-order valence-electron chi connectivity index (χ3n) is 4.60. The van der Waals surface area contributed by atoms with Crippen molar-refractivity contribution in [2.75, 3.05) is 19.7 Å². The van der Waals surface area contributed by atoms with Crippen molar-refractivity contribution in [2.45, 2.75) is 31.7 Å². The lowest BCUT2D eigenvalue weighted by Gasteiger charge is -2.25. The summed E-state index contributed by atoms with van der Waals surface area (Å²) in [5, 5.41) is 13.0. The molecule has 132 valence electrons. The number of amides is 2. The van der Waals surface area contributed by atoms with Crippen molar-refractivity contribution in [1.29, 1.82) is 0 Å². The number of fused-ring (bicyclic) bond motifs is 1. The number of para-hydroxylation sites is 1. The summed E-state index contributed by atoms with van der Waals surface area (Å²) in [6.07, 6.45) is 5.73. The molecule has 0 saturated carbocycles. The van der Waals surface area contributed by atoms with E-state index >= 15 is 0 Å². The van der Waals surface area contributed by atoms with E-state index in [1.54, 1.807) is 17.2 Å². The van der Waals surface area contributed by atoms with Crippen LogP contribution in [0.25, 0.3) is 10.9 Å². The first-order chi connectivity index (χ1) is 12.2. The Morgan fingerprint density at radius 1 is 1.12 bits per heavy atom. The van der Waals surface area contributed by atoms with Crippen LogP contribution in [0.3, 0.4) is 0 Å². The number of nitrogens with zero attached hydrogens (tertiary/aromatic N) is 2. The Bertz CT molecular complexity index is 749. The standard InChI is InChI=1S/C19H23N3O3/c23-13-17(19(25)22-11-5-1-2-6-12-22)21-18(24)15-9-10-20-16-8-4-3-7-14(15)16/h3-4,7-10,17,23H,1-2,5-6,11-13H2,(H,21,24)/t17-/m0/s1. The maximum absolute atomic E-state index is 12.7. The Balaban J connectivity index is 1.76. The summed E-state index contributed by atoms with van der Waals surface area (Å²) in [7, 11) is 0. The van der Waals surface area contributed by atoms with Crippen LogP contribution in [-0.2, 0) is 4.79 Å². The molecule has 0 aliphatic carbocycles. The summed E-state index contributed by atoms with van der Waals surface area (Å²) in [4.78, 5) is 31.3. The fourth-order valence-corrected chi connectivity index (χ4v) is 3.23. The van der Waals surface area contributed by atoms with Crippen molar-refractivity contribution in [3.05, 3.63) is 42.1 Å². The van der Waals surface area contributed by atoms with Crippen LogP contribution in [0, 0.1) is 0 Å². The Morgan fingerprint density at radius 2 is 1.84 bits per heavy atom. The number of aromatic nitrogens is 1. The van der Waals surface area contributed by atoms with Crippen molar-refractivity contribution in [3.63, 3.8) is 0 Å². The highest BCUT2D eigenvalue weighted by atomic mass is 16.3. The molecule has 1 atom stereocenters. The van der Waals surface area contributed by atoms with E-state index < -0.39 is 12.6 Å². The van der Waals surface area contributed by atoms with Gasteiger partial charge >= 0.3 is 0 Å². The second kappa shape index (κ2) is 8.07. The van der Waals surface area contributed by atoms with Crippen LogP contribution in [0.2, 0.25) is 0 Å². The topological polar surface area (TPSA) is 82.5 Å². The molecule has 1 aromatic carbocycles. The molecule has 0 unspecified atom stereocenters. The lowest BCUT2D eigenvalue weighted by Crippen LogP contribution is -2.50. The van der Waals surface area contributed by atoms with E-state index in [0.29, 0.717) is 18.7 Å². The molecule has 0 radical (unpaired) electrons. The van der Waals surface area contributed by atoms with Crippen molar-refractivity contribution in [3.8, 4) is 0 Å². The summed E-state index contributed by atoms with van der Waals surface area (Å²) in [6.45, 7) is 0.955. The third-order valence-corrected chi connectivity index (χ3v) is 4.60. The van der Waals surface area contributed by atoms with Gasteiger partial charge in [-0.25, -0.2) is 0 Å². The largest absolute Gasteiger partial charge is 0.394 e. The molecule has 2 N–H and O–H groups in total. The molecule has 0 bridgehead atoms. The van der Waals surface area contributed by atoms with E-state index in [1.165, 1.54) is 0 Å². The first kappa shape index (κ1) is 17.4. The zero-order chi connectivity index (χ0) is 17.6. The molecular formula is C19H23N3O3. The van der Waals surface area contributed by atoms with Gasteiger partial charge < -0.3 is 15.3 Å². The highest BCUT2D eigenvalue weighted by molar-refractivity contribution is 6.07. The maximum Gasteiger partial charge on any atom is 0.252 e. The van der Waals surface area contributed by atoms with Crippen molar-refractivity contribution < 1.29 is 14.7 Å². The number of likely N-dealkylation sites (tertiary alicyclic amines) is 1. The Morgan fingerprint density at radius 3 is 2.56 bits per heavy atom. The fraction of sp³-hybridized carbons (Fsp3) is 0.421. The molecular weight excluding hydrogens is 318 g/mol. The van der Waals surface area contributed by atoms with Crippen LogP contribution in [0.1, 0.15) is 36.0 Å². The van der Waals surface area contributed by atoms with E-state index in [-0.39, 0.29) is 11.8 Å². The minimum atomic E-state index is -0.919. The van der Waals surface area contributed by atoms with Gasteiger partial charge in [-0.05, 0) is 25.0 Å². The normalized spacial score (nSPS) is 16.3. The van der Waals surface area contributed by atoms with Gasteiger partial charge in [-0.15, -0.1) is 0 Å². The third kappa shape index (κ3) is 3.96. The molecule has 2 aromatic rings.